The Hall–Kier alpha value is -1.66. The molecule has 0 aromatic heterocycles. The van der Waals surface area contributed by atoms with Crippen molar-refractivity contribution in [1.29, 1.82) is 0 Å². The Labute approximate surface area is 138 Å². The van der Waals surface area contributed by atoms with Gasteiger partial charge in [0, 0.05) is 19.4 Å². The van der Waals surface area contributed by atoms with Crippen LogP contribution in [0.3, 0.4) is 0 Å². The fourth-order valence-electron chi connectivity index (χ4n) is 2.40. The van der Waals surface area contributed by atoms with Gasteiger partial charge in [-0.15, -0.1) is 0 Å². The van der Waals surface area contributed by atoms with Crippen LogP contribution in [0.15, 0.2) is 29.2 Å². The van der Waals surface area contributed by atoms with E-state index < -0.39 is 15.7 Å². The van der Waals surface area contributed by atoms with Crippen LogP contribution in [-0.2, 0) is 21.1 Å². The molecule has 1 rings (SSSR count). The summed E-state index contributed by atoms with van der Waals surface area (Å²) in [5.41, 5.74) is 1.24. The fourth-order valence-corrected chi connectivity index (χ4v) is 3.61. The molecular formula is C17H25NO4S. The first kappa shape index (κ1) is 19.4. The first-order valence-corrected chi connectivity index (χ1v) is 9.63. The summed E-state index contributed by atoms with van der Waals surface area (Å²) in [7, 11) is -2.20. The van der Waals surface area contributed by atoms with E-state index >= 15 is 0 Å². The van der Waals surface area contributed by atoms with Crippen LogP contribution in [0.4, 0.5) is 0 Å². The van der Waals surface area contributed by atoms with Crippen molar-refractivity contribution in [1.82, 2.24) is 5.06 Å². The molecule has 0 spiro atoms. The highest BCUT2D eigenvalue weighted by atomic mass is 32.2. The van der Waals surface area contributed by atoms with Gasteiger partial charge in [0.25, 0.3) is 5.91 Å². The van der Waals surface area contributed by atoms with Gasteiger partial charge in [-0.3, -0.25) is 10.0 Å². The molecule has 128 valence electrons. The lowest BCUT2D eigenvalue weighted by Gasteiger charge is -2.11. The van der Waals surface area contributed by atoms with Crippen LogP contribution < -0.4 is 0 Å². The van der Waals surface area contributed by atoms with Gasteiger partial charge in [0.2, 0.25) is 0 Å². The topological polar surface area (TPSA) is 74.7 Å². The maximum absolute atomic E-state index is 12.2. The number of hydroxylamine groups is 2. The van der Waals surface area contributed by atoms with Crippen LogP contribution in [-0.4, -0.2) is 37.9 Å². The molecule has 0 unspecified atom stereocenters. The zero-order valence-electron chi connectivity index (χ0n) is 13.9. The van der Waals surface area contributed by atoms with Crippen molar-refractivity contribution in [3.8, 4) is 0 Å². The summed E-state index contributed by atoms with van der Waals surface area (Å²) >= 11 is 0. The largest absolute Gasteiger partial charge is 0.286 e. The van der Waals surface area contributed by atoms with Crippen molar-refractivity contribution in [3.05, 3.63) is 35.4 Å². The molecule has 0 saturated heterocycles. The van der Waals surface area contributed by atoms with Crippen LogP contribution in [0, 0.1) is 0 Å². The van der Waals surface area contributed by atoms with Gasteiger partial charge in [0.1, 0.15) is 0 Å². The van der Waals surface area contributed by atoms with Crippen molar-refractivity contribution >= 4 is 21.8 Å². The van der Waals surface area contributed by atoms with Crippen molar-refractivity contribution < 1.29 is 18.4 Å². The number of carbonyl (C=O) groups is 1. The zero-order chi connectivity index (χ0) is 17.5. The van der Waals surface area contributed by atoms with E-state index in [4.69, 9.17) is 5.21 Å². The van der Waals surface area contributed by atoms with Crippen LogP contribution in [0.25, 0.3) is 6.08 Å². The minimum atomic E-state index is -3.41. The van der Waals surface area contributed by atoms with Crippen LogP contribution in [0.1, 0.15) is 43.7 Å². The van der Waals surface area contributed by atoms with E-state index in [-0.39, 0.29) is 4.90 Å². The van der Waals surface area contributed by atoms with Crippen LogP contribution in [0.5, 0.6) is 0 Å². The number of hydrogen-bond acceptors (Lipinski definition) is 4. The van der Waals surface area contributed by atoms with Crippen LogP contribution >= 0.6 is 0 Å². The van der Waals surface area contributed by atoms with Crippen molar-refractivity contribution in [2.45, 2.75) is 43.9 Å². The van der Waals surface area contributed by atoms with E-state index in [9.17, 15) is 13.2 Å². The summed E-state index contributed by atoms with van der Waals surface area (Å²) in [4.78, 5) is 11.7. The van der Waals surface area contributed by atoms with Gasteiger partial charge in [-0.2, -0.15) is 0 Å². The summed E-state index contributed by atoms with van der Waals surface area (Å²) < 4.78 is 24.3. The normalized spacial score (nSPS) is 11.8. The average molecular weight is 339 g/mol. The molecule has 0 aliphatic heterocycles. The smallest absolute Gasteiger partial charge is 0.269 e. The van der Waals surface area contributed by atoms with Crippen molar-refractivity contribution in [2.75, 3.05) is 13.3 Å². The molecule has 1 N–H and O–H groups in total. The Morgan fingerprint density at radius 2 is 1.96 bits per heavy atom. The molecule has 0 heterocycles. The molecule has 0 atom stereocenters. The molecule has 6 heteroatoms. The number of rotatable bonds is 8. The highest BCUT2D eigenvalue weighted by Gasteiger charge is 2.17. The third-order valence-corrected chi connectivity index (χ3v) is 4.76. The SMILES string of the molecule is CCCCCCc1cccc(C=CC(=O)N(C)O)c1S(C)(=O)=O. The first-order chi connectivity index (χ1) is 10.8. The quantitative estimate of drug-likeness (QED) is 0.342. The monoisotopic (exact) mass is 339 g/mol. The lowest BCUT2D eigenvalue weighted by Crippen LogP contribution is -2.19. The van der Waals surface area contributed by atoms with Crippen LogP contribution in [0.2, 0.25) is 0 Å². The molecule has 0 fully saturated rings. The maximum Gasteiger partial charge on any atom is 0.269 e. The molecule has 23 heavy (non-hydrogen) atoms. The second kappa shape index (κ2) is 8.84. The number of nitrogens with zero attached hydrogens (tertiary/aromatic N) is 1. The molecular weight excluding hydrogens is 314 g/mol. The Bertz CT molecular complexity index is 663. The molecule has 1 aromatic rings. The molecule has 0 radical (unpaired) electrons. The Morgan fingerprint density at radius 1 is 1.26 bits per heavy atom. The molecule has 0 bridgehead atoms. The summed E-state index contributed by atoms with van der Waals surface area (Å²) in [5, 5.41) is 9.51. The number of benzene rings is 1. The average Bonchev–Trinajstić information content (AvgIpc) is 2.47. The van der Waals surface area contributed by atoms with E-state index in [0.29, 0.717) is 17.0 Å². The molecule has 1 amide bonds. The van der Waals surface area contributed by atoms with Gasteiger partial charge >= 0.3 is 0 Å². The van der Waals surface area contributed by atoms with E-state index in [2.05, 4.69) is 6.92 Å². The number of unbranched alkanes of at least 4 members (excludes halogenated alkanes) is 3. The molecule has 0 saturated carbocycles. The van der Waals surface area contributed by atoms with E-state index in [0.717, 1.165) is 37.3 Å². The summed E-state index contributed by atoms with van der Waals surface area (Å²) in [5.74, 6) is -0.613. The Morgan fingerprint density at radius 3 is 2.52 bits per heavy atom. The Balaban J connectivity index is 3.13. The van der Waals surface area contributed by atoms with Gasteiger partial charge in [-0.25, -0.2) is 13.5 Å². The maximum atomic E-state index is 12.2. The number of aryl methyl sites for hydroxylation is 1. The number of likely N-dealkylation sites (N-methyl/N-ethyl adjacent to an activating group) is 1. The number of hydrogen-bond donors (Lipinski definition) is 1. The van der Waals surface area contributed by atoms with E-state index in [1.54, 1.807) is 12.1 Å². The molecule has 0 aliphatic rings. The van der Waals surface area contributed by atoms with Crippen molar-refractivity contribution in [2.24, 2.45) is 0 Å². The highest BCUT2D eigenvalue weighted by Crippen LogP contribution is 2.24. The minimum absolute atomic E-state index is 0.265. The lowest BCUT2D eigenvalue weighted by molar-refractivity contribution is -0.153. The standard InChI is InChI=1S/C17H25NO4S/c1-4-5-6-7-9-14-10-8-11-15(17(14)23(3,21)22)12-13-16(19)18(2)20/h8,10-13,20H,4-7,9H2,1-3H3. The number of amides is 1. The number of sulfone groups is 1. The van der Waals surface area contributed by atoms with E-state index in [1.165, 1.54) is 19.4 Å². The molecule has 5 nitrogen and oxygen atoms in total. The van der Waals surface area contributed by atoms with Gasteiger partial charge in [-0.05, 0) is 30.0 Å². The van der Waals surface area contributed by atoms with E-state index in [1.807, 2.05) is 6.07 Å². The summed E-state index contributed by atoms with van der Waals surface area (Å²) in [6.45, 7) is 2.13. The summed E-state index contributed by atoms with van der Waals surface area (Å²) in [6.07, 6.45) is 8.71. The lowest BCUT2D eigenvalue weighted by atomic mass is 10.0. The summed E-state index contributed by atoms with van der Waals surface area (Å²) in [6, 6.07) is 5.27. The predicted octanol–water partition coefficient (Wildman–Crippen LogP) is 3.07. The minimum Gasteiger partial charge on any atom is -0.286 e. The molecule has 1 aromatic carbocycles. The van der Waals surface area contributed by atoms with Gasteiger partial charge < -0.3 is 0 Å². The Kier molecular flexibility index (Phi) is 7.45. The highest BCUT2D eigenvalue weighted by molar-refractivity contribution is 7.90. The molecule has 0 aliphatic carbocycles. The second-order valence-corrected chi connectivity index (χ2v) is 7.57. The number of carbonyl (C=O) groups excluding carboxylic acids is 1. The third-order valence-electron chi connectivity index (χ3n) is 3.52. The van der Waals surface area contributed by atoms with Gasteiger partial charge in [0.05, 0.1) is 4.90 Å². The second-order valence-electron chi connectivity index (χ2n) is 5.61. The first-order valence-electron chi connectivity index (χ1n) is 7.74. The van der Waals surface area contributed by atoms with Gasteiger partial charge in [-0.1, -0.05) is 44.4 Å². The third kappa shape index (κ3) is 6.15. The zero-order valence-corrected chi connectivity index (χ0v) is 14.8. The predicted molar refractivity (Wildman–Crippen MR) is 91.0 cm³/mol. The van der Waals surface area contributed by atoms with Gasteiger partial charge in [0.15, 0.2) is 9.84 Å². The van der Waals surface area contributed by atoms with Crippen molar-refractivity contribution in [3.63, 3.8) is 0 Å². The fraction of sp³-hybridized carbons (Fsp3) is 0.471.